The number of carbonyl (C=O) groups is 2. The normalized spacial score (nSPS) is 13.1. The van der Waals surface area contributed by atoms with Crippen molar-refractivity contribution in [3.05, 3.63) is 48.6 Å². The maximum atomic E-state index is 11.9. The Morgan fingerprint density at radius 2 is 2.00 bits per heavy atom. The molecule has 0 unspecified atom stereocenters. The van der Waals surface area contributed by atoms with E-state index >= 15 is 0 Å². The Kier molecular flexibility index (Phi) is 6.50. The van der Waals surface area contributed by atoms with E-state index in [1.165, 1.54) is 7.11 Å². The van der Waals surface area contributed by atoms with Crippen LogP contribution in [0.3, 0.4) is 0 Å². The van der Waals surface area contributed by atoms with E-state index in [9.17, 15) is 9.59 Å². The summed E-state index contributed by atoms with van der Waals surface area (Å²) in [6.45, 7) is 5.34. The van der Waals surface area contributed by atoms with Gasteiger partial charge in [0.25, 0.3) is 0 Å². The van der Waals surface area contributed by atoms with Gasteiger partial charge in [-0.05, 0) is 18.9 Å². The predicted molar refractivity (Wildman–Crippen MR) is 77.9 cm³/mol. The highest BCUT2D eigenvalue weighted by atomic mass is 16.5. The molecule has 0 saturated carbocycles. The van der Waals surface area contributed by atoms with Crippen molar-refractivity contribution in [2.75, 3.05) is 7.11 Å². The first kappa shape index (κ1) is 16.0. The molecule has 0 aliphatic rings. The van der Waals surface area contributed by atoms with Crippen molar-refractivity contribution in [3.8, 4) is 0 Å². The fourth-order valence-electron chi connectivity index (χ4n) is 1.96. The van der Waals surface area contributed by atoms with Gasteiger partial charge in [0.15, 0.2) is 0 Å². The van der Waals surface area contributed by atoms with Gasteiger partial charge in [0.1, 0.15) is 0 Å². The zero-order valence-electron chi connectivity index (χ0n) is 12.0. The summed E-state index contributed by atoms with van der Waals surface area (Å²) in [6, 6.07) is 9.03. The Balaban J connectivity index is 2.87. The van der Waals surface area contributed by atoms with Crippen LogP contribution in [0.25, 0.3) is 0 Å². The zero-order chi connectivity index (χ0) is 15.0. The van der Waals surface area contributed by atoms with Gasteiger partial charge in [-0.15, -0.1) is 6.58 Å². The van der Waals surface area contributed by atoms with E-state index in [2.05, 4.69) is 11.9 Å². The van der Waals surface area contributed by atoms with Crippen LogP contribution in [0, 0.1) is 5.92 Å². The zero-order valence-corrected chi connectivity index (χ0v) is 12.0. The molecule has 0 spiro atoms. The smallest absolute Gasteiger partial charge is 0.310 e. The number of ether oxygens (including phenoxy) is 1. The van der Waals surface area contributed by atoms with Crippen molar-refractivity contribution in [2.24, 2.45) is 5.92 Å². The van der Waals surface area contributed by atoms with E-state index in [0.717, 1.165) is 5.56 Å². The third-order valence-electron chi connectivity index (χ3n) is 3.12. The third kappa shape index (κ3) is 4.53. The lowest BCUT2D eigenvalue weighted by Gasteiger charge is -2.24. The van der Waals surface area contributed by atoms with E-state index < -0.39 is 5.92 Å². The highest BCUT2D eigenvalue weighted by Crippen LogP contribution is 2.23. The first-order valence-electron chi connectivity index (χ1n) is 6.63. The second kappa shape index (κ2) is 8.15. The maximum Gasteiger partial charge on any atom is 0.310 e. The number of allylic oxidation sites excluding steroid dienone is 1. The molecule has 1 aromatic carbocycles. The Labute approximate surface area is 119 Å². The lowest BCUT2D eigenvalue weighted by Crippen LogP contribution is -2.35. The number of benzene rings is 1. The number of carbonyl (C=O) groups excluding carboxylic acids is 2. The number of esters is 1. The average molecular weight is 275 g/mol. The van der Waals surface area contributed by atoms with Gasteiger partial charge < -0.3 is 10.1 Å². The fourth-order valence-corrected chi connectivity index (χ4v) is 1.96. The SMILES string of the molecule is C=CCCC(=O)N[C@H](c1ccccc1)[C@@H](C)C(=O)OC. The maximum absolute atomic E-state index is 11.9. The molecule has 0 heterocycles. The Morgan fingerprint density at radius 3 is 2.55 bits per heavy atom. The van der Waals surface area contributed by atoms with Gasteiger partial charge in [-0.25, -0.2) is 0 Å². The fraction of sp³-hybridized carbons (Fsp3) is 0.375. The molecular weight excluding hydrogens is 254 g/mol. The minimum Gasteiger partial charge on any atom is -0.469 e. The molecule has 0 saturated heterocycles. The summed E-state index contributed by atoms with van der Waals surface area (Å²) in [7, 11) is 1.35. The van der Waals surface area contributed by atoms with Crippen LogP contribution in [-0.4, -0.2) is 19.0 Å². The Hall–Kier alpha value is -2.10. The number of methoxy groups -OCH3 is 1. The molecule has 4 heteroatoms. The number of hydrogen-bond donors (Lipinski definition) is 1. The van der Waals surface area contributed by atoms with Gasteiger partial charge in [0.05, 0.1) is 19.1 Å². The Morgan fingerprint density at radius 1 is 1.35 bits per heavy atom. The third-order valence-corrected chi connectivity index (χ3v) is 3.12. The monoisotopic (exact) mass is 275 g/mol. The van der Waals surface area contributed by atoms with E-state index in [1.807, 2.05) is 30.3 Å². The molecule has 20 heavy (non-hydrogen) atoms. The first-order chi connectivity index (χ1) is 9.60. The van der Waals surface area contributed by atoms with Gasteiger partial charge in [0.2, 0.25) is 5.91 Å². The molecule has 1 N–H and O–H groups in total. The number of nitrogens with one attached hydrogen (secondary N) is 1. The molecule has 0 aromatic heterocycles. The van der Waals surface area contributed by atoms with Crippen LogP contribution in [0.1, 0.15) is 31.4 Å². The standard InChI is InChI=1S/C16H21NO3/c1-4-5-11-14(18)17-15(12(2)16(19)20-3)13-9-7-6-8-10-13/h4,6-10,12,15H,1,5,11H2,2-3H3,(H,17,18)/t12-,15+/m1/s1. The molecule has 0 fully saturated rings. The highest BCUT2D eigenvalue weighted by Gasteiger charge is 2.27. The first-order valence-corrected chi connectivity index (χ1v) is 6.63. The lowest BCUT2D eigenvalue weighted by atomic mass is 9.94. The summed E-state index contributed by atoms with van der Waals surface area (Å²) < 4.78 is 4.77. The van der Waals surface area contributed by atoms with Crippen molar-refractivity contribution < 1.29 is 14.3 Å². The van der Waals surface area contributed by atoms with Crippen LogP contribution < -0.4 is 5.32 Å². The van der Waals surface area contributed by atoms with Crippen LogP contribution in [0.2, 0.25) is 0 Å². The van der Waals surface area contributed by atoms with Gasteiger partial charge in [-0.1, -0.05) is 36.4 Å². The minimum absolute atomic E-state index is 0.102. The molecule has 0 aliphatic carbocycles. The topological polar surface area (TPSA) is 55.4 Å². The molecule has 1 aromatic rings. The molecule has 0 aliphatic heterocycles. The van der Waals surface area contributed by atoms with Crippen molar-refractivity contribution in [1.29, 1.82) is 0 Å². The van der Waals surface area contributed by atoms with Crippen LogP contribution in [-0.2, 0) is 14.3 Å². The number of rotatable bonds is 7. The minimum atomic E-state index is -0.449. The molecule has 108 valence electrons. The molecular formula is C16H21NO3. The molecule has 1 amide bonds. The van der Waals surface area contributed by atoms with E-state index in [4.69, 9.17) is 4.74 Å². The largest absolute Gasteiger partial charge is 0.469 e. The molecule has 0 radical (unpaired) electrons. The molecule has 0 bridgehead atoms. The van der Waals surface area contributed by atoms with Crippen molar-refractivity contribution in [1.82, 2.24) is 5.32 Å². The Bertz CT molecular complexity index is 456. The summed E-state index contributed by atoms with van der Waals surface area (Å²) in [5.74, 6) is -0.896. The van der Waals surface area contributed by atoms with Crippen molar-refractivity contribution in [3.63, 3.8) is 0 Å². The van der Waals surface area contributed by atoms with Crippen molar-refractivity contribution >= 4 is 11.9 Å². The summed E-state index contributed by atoms with van der Waals surface area (Å²) in [6.07, 6.45) is 2.67. The van der Waals surface area contributed by atoms with E-state index in [-0.39, 0.29) is 17.9 Å². The van der Waals surface area contributed by atoms with Gasteiger partial charge >= 0.3 is 5.97 Å². The summed E-state index contributed by atoms with van der Waals surface area (Å²) in [5.41, 5.74) is 0.886. The van der Waals surface area contributed by atoms with Gasteiger partial charge in [-0.3, -0.25) is 9.59 Å². The van der Waals surface area contributed by atoms with E-state index in [1.54, 1.807) is 13.0 Å². The van der Waals surface area contributed by atoms with E-state index in [0.29, 0.717) is 12.8 Å². The molecule has 4 nitrogen and oxygen atoms in total. The lowest BCUT2D eigenvalue weighted by molar-refractivity contribution is -0.146. The average Bonchev–Trinajstić information content (AvgIpc) is 2.49. The van der Waals surface area contributed by atoms with Crippen LogP contribution in [0.5, 0.6) is 0 Å². The highest BCUT2D eigenvalue weighted by molar-refractivity contribution is 5.79. The van der Waals surface area contributed by atoms with Gasteiger partial charge in [0, 0.05) is 6.42 Å². The second-order valence-electron chi connectivity index (χ2n) is 4.60. The quantitative estimate of drug-likeness (QED) is 0.614. The molecule has 2 atom stereocenters. The summed E-state index contributed by atoms with van der Waals surface area (Å²) in [5, 5.41) is 2.90. The number of hydrogen-bond acceptors (Lipinski definition) is 3. The number of amides is 1. The molecule has 1 rings (SSSR count). The summed E-state index contributed by atoms with van der Waals surface area (Å²) in [4.78, 5) is 23.6. The van der Waals surface area contributed by atoms with Gasteiger partial charge in [-0.2, -0.15) is 0 Å². The predicted octanol–water partition coefficient (Wildman–Crippen LogP) is 2.62. The second-order valence-corrected chi connectivity index (χ2v) is 4.60. The van der Waals surface area contributed by atoms with Crippen LogP contribution >= 0.6 is 0 Å². The van der Waals surface area contributed by atoms with Crippen LogP contribution in [0.15, 0.2) is 43.0 Å². The summed E-state index contributed by atoms with van der Waals surface area (Å²) >= 11 is 0. The van der Waals surface area contributed by atoms with Crippen LogP contribution in [0.4, 0.5) is 0 Å². The van der Waals surface area contributed by atoms with Crippen molar-refractivity contribution in [2.45, 2.75) is 25.8 Å².